The summed E-state index contributed by atoms with van der Waals surface area (Å²) >= 11 is 3.20. The van der Waals surface area contributed by atoms with Crippen molar-refractivity contribution in [2.75, 3.05) is 5.52 Å². The number of hydrogen-bond donors (Lipinski definition) is 0. The van der Waals surface area contributed by atoms with Crippen molar-refractivity contribution < 1.29 is 4.74 Å². The van der Waals surface area contributed by atoms with Gasteiger partial charge in [-0.25, -0.2) is 0 Å². The molecule has 0 amide bonds. The van der Waals surface area contributed by atoms with E-state index in [0.29, 0.717) is 5.52 Å². The van der Waals surface area contributed by atoms with Crippen LogP contribution in [0.25, 0.3) is 10.9 Å². The van der Waals surface area contributed by atoms with Gasteiger partial charge in [0.15, 0.2) is 0 Å². The Balaban J connectivity index is 2.49. The second kappa shape index (κ2) is 3.75. The van der Waals surface area contributed by atoms with Gasteiger partial charge in [-0.3, -0.25) is 4.98 Å². The van der Waals surface area contributed by atoms with Crippen molar-refractivity contribution in [2.24, 2.45) is 0 Å². The maximum absolute atomic E-state index is 5.27. The summed E-state index contributed by atoms with van der Waals surface area (Å²) in [4.78, 5) is 4.25. The molecule has 2 rings (SSSR count). The second-order valence-electron chi connectivity index (χ2n) is 2.62. The molecule has 1 heterocycles. The molecule has 66 valence electrons. The van der Waals surface area contributed by atoms with Gasteiger partial charge in [0.2, 0.25) is 0 Å². The number of rotatable bonds is 2. The van der Waals surface area contributed by atoms with Crippen LogP contribution in [-0.4, -0.2) is 10.5 Å². The molecule has 13 heavy (non-hydrogen) atoms. The average Bonchev–Trinajstić information content (AvgIpc) is 2.18. The molecule has 0 fully saturated rings. The fourth-order valence-corrected chi connectivity index (χ4v) is 1.46. The molecule has 0 radical (unpaired) electrons. The minimum atomic E-state index is 0.493. The molecular formula is C10H8BrNO. The molecule has 0 saturated carbocycles. The lowest BCUT2D eigenvalue weighted by atomic mass is 10.2. The molecule has 0 unspecified atom stereocenters. The van der Waals surface area contributed by atoms with E-state index in [9.17, 15) is 0 Å². The third kappa shape index (κ3) is 1.80. The number of alkyl halides is 1. The van der Waals surface area contributed by atoms with Gasteiger partial charge in [0.1, 0.15) is 11.3 Å². The van der Waals surface area contributed by atoms with Gasteiger partial charge in [-0.2, -0.15) is 0 Å². The van der Waals surface area contributed by atoms with Crippen molar-refractivity contribution in [3.63, 3.8) is 0 Å². The van der Waals surface area contributed by atoms with Crippen molar-refractivity contribution in [3.8, 4) is 5.75 Å². The van der Waals surface area contributed by atoms with Crippen LogP contribution >= 0.6 is 15.9 Å². The lowest BCUT2D eigenvalue weighted by Gasteiger charge is -2.02. The number of hydrogen-bond acceptors (Lipinski definition) is 2. The minimum Gasteiger partial charge on any atom is -0.481 e. The van der Waals surface area contributed by atoms with E-state index in [-0.39, 0.29) is 0 Å². The van der Waals surface area contributed by atoms with Gasteiger partial charge in [-0.15, -0.1) is 0 Å². The molecule has 0 spiro atoms. The summed E-state index contributed by atoms with van der Waals surface area (Å²) in [7, 11) is 0. The highest BCUT2D eigenvalue weighted by molar-refractivity contribution is 9.09. The van der Waals surface area contributed by atoms with Crippen LogP contribution in [0.1, 0.15) is 0 Å². The van der Waals surface area contributed by atoms with Crippen LogP contribution in [0.15, 0.2) is 36.5 Å². The molecule has 3 heteroatoms. The van der Waals surface area contributed by atoms with Crippen molar-refractivity contribution in [1.82, 2.24) is 4.98 Å². The quantitative estimate of drug-likeness (QED) is 0.750. The topological polar surface area (TPSA) is 22.1 Å². The Morgan fingerprint density at radius 1 is 1.31 bits per heavy atom. The number of pyridine rings is 1. The van der Waals surface area contributed by atoms with Gasteiger partial charge in [0.25, 0.3) is 0 Å². The molecule has 0 bridgehead atoms. The lowest BCUT2D eigenvalue weighted by molar-refractivity contribution is 0.397. The molecule has 2 aromatic rings. The number of fused-ring (bicyclic) bond motifs is 1. The highest BCUT2D eigenvalue weighted by Gasteiger charge is 1.96. The van der Waals surface area contributed by atoms with Gasteiger partial charge in [0, 0.05) is 5.39 Å². The van der Waals surface area contributed by atoms with Gasteiger partial charge < -0.3 is 4.74 Å². The first-order valence-electron chi connectivity index (χ1n) is 3.94. The molecule has 0 aliphatic carbocycles. The number of ether oxygens (including phenoxy) is 1. The van der Waals surface area contributed by atoms with E-state index in [0.717, 1.165) is 16.7 Å². The predicted molar refractivity (Wildman–Crippen MR) is 56.2 cm³/mol. The molecule has 2 nitrogen and oxygen atoms in total. The van der Waals surface area contributed by atoms with E-state index in [4.69, 9.17) is 4.74 Å². The Labute approximate surface area is 84.7 Å². The molecule has 1 aromatic heterocycles. The molecule has 0 atom stereocenters. The maximum atomic E-state index is 5.27. The molecule has 0 aliphatic heterocycles. The first-order chi connectivity index (χ1) is 6.40. The number of aromatic nitrogens is 1. The molecule has 0 aliphatic rings. The van der Waals surface area contributed by atoms with Gasteiger partial charge >= 0.3 is 0 Å². The van der Waals surface area contributed by atoms with Crippen molar-refractivity contribution in [2.45, 2.75) is 0 Å². The summed E-state index contributed by atoms with van der Waals surface area (Å²) in [6.07, 6.45) is 1.73. The van der Waals surface area contributed by atoms with Crippen LogP contribution in [0, 0.1) is 0 Å². The summed E-state index contributed by atoms with van der Waals surface area (Å²) in [5, 5.41) is 1.10. The number of nitrogens with zero attached hydrogens (tertiary/aromatic N) is 1. The lowest BCUT2D eigenvalue weighted by Crippen LogP contribution is -1.89. The van der Waals surface area contributed by atoms with Crippen LogP contribution < -0.4 is 4.74 Å². The van der Waals surface area contributed by atoms with E-state index in [2.05, 4.69) is 20.9 Å². The van der Waals surface area contributed by atoms with Gasteiger partial charge in [-0.1, -0.05) is 18.2 Å². The number of halogens is 1. The Morgan fingerprint density at radius 3 is 3.00 bits per heavy atom. The first-order valence-corrected chi connectivity index (χ1v) is 5.06. The van der Waals surface area contributed by atoms with Crippen LogP contribution in [0.4, 0.5) is 0 Å². The maximum Gasteiger partial charge on any atom is 0.143 e. The van der Waals surface area contributed by atoms with Crippen LogP contribution in [-0.2, 0) is 0 Å². The normalized spacial score (nSPS) is 10.2. The first kappa shape index (κ1) is 8.51. The monoisotopic (exact) mass is 237 g/mol. The Morgan fingerprint density at radius 2 is 2.15 bits per heavy atom. The SMILES string of the molecule is BrCOc1cnc2ccccc2c1. The van der Waals surface area contributed by atoms with Crippen molar-refractivity contribution >= 4 is 26.8 Å². The molecular weight excluding hydrogens is 230 g/mol. The zero-order valence-electron chi connectivity index (χ0n) is 6.90. The highest BCUT2D eigenvalue weighted by Crippen LogP contribution is 2.17. The third-order valence-electron chi connectivity index (χ3n) is 1.79. The molecule has 0 saturated heterocycles. The fraction of sp³-hybridized carbons (Fsp3) is 0.100. The van der Waals surface area contributed by atoms with Gasteiger partial charge in [0.05, 0.1) is 11.7 Å². The zero-order chi connectivity index (χ0) is 9.10. The van der Waals surface area contributed by atoms with Crippen molar-refractivity contribution in [3.05, 3.63) is 36.5 Å². The Bertz CT molecular complexity index is 416. The predicted octanol–water partition coefficient (Wildman–Crippen LogP) is 2.97. The van der Waals surface area contributed by atoms with E-state index >= 15 is 0 Å². The fourth-order valence-electron chi connectivity index (χ4n) is 1.19. The summed E-state index contributed by atoms with van der Waals surface area (Å²) in [6, 6.07) is 9.93. The summed E-state index contributed by atoms with van der Waals surface area (Å²) < 4.78 is 5.27. The Kier molecular flexibility index (Phi) is 2.45. The van der Waals surface area contributed by atoms with Crippen LogP contribution in [0.5, 0.6) is 5.75 Å². The van der Waals surface area contributed by atoms with E-state index in [1.54, 1.807) is 6.20 Å². The van der Waals surface area contributed by atoms with E-state index < -0.39 is 0 Å². The largest absolute Gasteiger partial charge is 0.481 e. The standard InChI is InChI=1S/C10H8BrNO/c11-7-13-9-5-8-3-1-2-4-10(8)12-6-9/h1-6H,7H2. The van der Waals surface area contributed by atoms with Crippen LogP contribution in [0.2, 0.25) is 0 Å². The third-order valence-corrected chi connectivity index (χ3v) is 2.02. The van der Waals surface area contributed by atoms with E-state index in [1.807, 2.05) is 30.3 Å². The van der Waals surface area contributed by atoms with E-state index in [1.165, 1.54) is 0 Å². The second-order valence-corrected chi connectivity index (χ2v) is 3.08. The Hall–Kier alpha value is -1.09. The minimum absolute atomic E-state index is 0.493. The highest BCUT2D eigenvalue weighted by atomic mass is 79.9. The summed E-state index contributed by atoms with van der Waals surface area (Å²) in [5.74, 6) is 0.788. The summed E-state index contributed by atoms with van der Waals surface area (Å²) in [6.45, 7) is 0. The molecule has 1 aromatic carbocycles. The zero-order valence-corrected chi connectivity index (χ0v) is 8.49. The van der Waals surface area contributed by atoms with Crippen molar-refractivity contribution in [1.29, 1.82) is 0 Å². The number of benzene rings is 1. The smallest absolute Gasteiger partial charge is 0.143 e. The average molecular weight is 238 g/mol. The van der Waals surface area contributed by atoms with Gasteiger partial charge in [-0.05, 0) is 28.1 Å². The number of para-hydroxylation sites is 1. The summed E-state index contributed by atoms with van der Waals surface area (Å²) in [5.41, 5.74) is 1.48. The van der Waals surface area contributed by atoms with Crippen LogP contribution in [0.3, 0.4) is 0 Å². The molecule has 0 N–H and O–H groups in total.